The first-order valence-electron chi connectivity index (χ1n) is 10.9. The Balaban J connectivity index is 1.29. The summed E-state index contributed by atoms with van der Waals surface area (Å²) in [4.78, 5) is 31.2. The van der Waals surface area contributed by atoms with Crippen LogP contribution >= 0.6 is 0 Å². The monoisotopic (exact) mass is 411 g/mol. The van der Waals surface area contributed by atoms with Crippen molar-refractivity contribution < 1.29 is 18.7 Å². The number of rotatable bonds is 6. The average Bonchev–Trinajstić information content (AvgIpc) is 3.34. The second-order valence-corrected chi connectivity index (χ2v) is 8.20. The number of likely N-dealkylation sites (tertiary alicyclic amines) is 1. The highest BCUT2D eigenvalue weighted by molar-refractivity contribution is 5.94. The van der Waals surface area contributed by atoms with Gasteiger partial charge in [0.1, 0.15) is 0 Å². The van der Waals surface area contributed by atoms with Crippen molar-refractivity contribution in [2.75, 3.05) is 25.0 Å². The van der Waals surface area contributed by atoms with Crippen LogP contribution in [-0.2, 0) is 4.79 Å². The summed E-state index contributed by atoms with van der Waals surface area (Å²) in [6.07, 6.45) is 10.7. The molecule has 3 heterocycles. The maximum atomic E-state index is 12.8. The number of hydrogen-bond donors (Lipinski definition) is 1. The van der Waals surface area contributed by atoms with E-state index >= 15 is 0 Å². The van der Waals surface area contributed by atoms with Crippen molar-refractivity contribution in [3.8, 4) is 5.75 Å². The van der Waals surface area contributed by atoms with Crippen molar-refractivity contribution in [3.63, 3.8) is 0 Å². The lowest BCUT2D eigenvalue weighted by Gasteiger charge is -2.30. The normalized spacial score (nSPS) is 18.2. The number of furan rings is 1. The van der Waals surface area contributed by atoms with Gasteiger partial charge in [0.2, 0.25) is 5.91 Å². The Bertz CT molecular complexity index is 838. The minimum Gasteiger partial charge on any atom is -0.489 e. The molecule has 0 spiro atoms. The molecule has 0 bridgehead atoms. The third-order valence-electron chi connectivity index (χ3n) is 6.10. The predicted molar refractivity (Wildman–Crippen MR) is 112 cm³/mol. The lowest BCUT2D eigenvalue weighted by atomic mass is 9.90. The molecule has 160 valence electrons. The van der Waals surface area contributed by atoms with Crippen molar-refractivity contribution in [2.24, 2.45) is 11.8 Å². The van der Waals surface area contributed by atoms with E-state index in [9.17, 15) is 9.59 Å². The summed E-state index contributed by atoms with van der Waals surface area (Å²) in [5.74, 6) is 1.68. The fraction of sp³-hybridized carbons (Fsp3) is 0.522. The Labute approximate surface area is 176 Å². The zero-order valence-corrected chi connectivity index (χ0v) is 17.2. The van der Waals surface area contributed by atoms with E-state index in [0.29, 0.717) is 55.8 Å². The van der Waals surface area contributed by atoms with Gasteiger partial charge in [-0.3, -0.25) is 9.59 Å². The van der Waals surface area contributed by atoms with Crippen LogP contribution in [-0.4, -0.2) is 41.4 Å². The van der Waals surface area contributed by atoms with Gasteiger partial charge in [0, 0.05) is 25.2 Å². The fourth-order valence-corrected chi connectivity index (χ4v) is 4.28. The topological polar surface area (TPSA) is 84.7 Å². The summed E-state index contributed by atoms with van der Waals surface area (Å²) in [5.41, 5.74) is 0. The molecule has 1 aliphatic heterocycles. The van der Waals surface area contributed by atoms with Crippen molar-refractivity contribution in [1.82, 2.24) is 9.88 Å². The predicted octanol–water partition coefficient (Wildman–Crippen LogP) is 4.12. The van der Waals surface area contributed by atoms with E-state index in [0.717, 1.165) is 0 Å². The highest BCUT2D eigenvalue weighted by Gasteiger charge is 2.29. The van der Waals surface area contributed by atoms with Crippen molar-refractivity contribution in [3.05, 3.63) is 42.5 Å². The number of carbonyl (C=O) groups excluding carboxylic acids is 2. The summed E-state index contributed by atoms with van der Waals surface area (Å²) in [6, 6.07) is 7.05. The molecule has 7 nitrogen and oxygen atoms in total. The molecule has 0 radical (unpaired) electrons. The molecule has 0 aromatic carbocycles. The fourth-order valence-electron chi connectivity index (χ4n) is 4.28. The van der Waals surface area contributed by atoms with Crippen LogP contribution in [0.2, 0.25) is 0 Å². The van der Waals surface area contributed by atoms with Gasteiger partial charge in [0.25, 0.3) is 5.91 Å². The maximum Gasteiger partial charge on any atom is 0.289 e. The van der Waals surface area contributed by atoms with E-state index in [1.165, 1.54) is 38.4 Å². The van der Waals surface area contributed by atoms with Gasteiger partial charge >= 0.3 is 0 Å². The molecular formula is C23H29N3O4. The minimum atomic E-state index is -0.154. The number of aromatic nitrogens is 1. The number of nitrogens with zero attached hydrogens (tertiary/aromatic N) is 2. The van der Waals surface area contributed by atoms with Gasteiger partial charge < -0.3 is 19.4 Å². The molecule has 1 N–H and O–H groups in total. The third kappa shape index (κ3) is 5.01. The van der Waals surface area contributed by atoms with E-state index in [1.807, 2.05) is 12.1 Å². The minimum absolute atomic E-state index is 0.0682. The largest absolute Gasteiger partial charge is 0.489 e. The summed E-state index contributed by atoms with van der Waals surface area (Å²) in [5, 5.41) is 2.94. The molecule has 1 saturated carbocycles. The molecule has 1 aliphatic carbocycles. The molecule has 2 amide bonds. The third-order valence-corrected chi connectivity index (χ3v) is 6.10. The van der Waals surface area contributed by atoms with E-state index in [1.54, 1.807) is 23.2 Å². The van der Waals surface area contributed by atoms with Crippen LogP contribution in [0.4, 0.5) is 5.82 Å². The van der Waals surface area contributed by atoms with Gasteiger partial charge in [-0.25, -0.2) is 4.98 Å². The molecule has 0 atom stereocenters. The molecule has 1 saturated heterocycles. The smallest absolute Gasteiger partial charge is 0.289 e. The van der Waals surface area contributed by atoms with Crippen LogP contribution in [0.5, 0.6) is 5.75 Å². The first-order chi connectivity index (χ1) is 14.7. The van der Waals surface area contributed by atoms with Gasteiger partial charge in [-0.2, -0.15) is 0 Å². The van der Waals surface area contributed by atoms with Crippen LogP contribution in [0, 0.1) is 11.8 Å². The molecule has 2 fully saturated rings. The van der Waals surface area contributed by atoms with E-state index in [2.05, 4.69) is 10.3 Å². The van der Waals surface area contributed by atoms with E-state index in [-0.39, 0.29) is 17.7 Å². The Hall–Kier alpha value is -2.83. The average molecular weight is 412 g/mol. The first-order valence-corrected chi connectivity index (χ1v) is 10.9. The number of nitrogens with one attached hydrogen (secondary N) is 1. The van der Waals surface area contributed by atoms with Crippen LogP contribution < -0.4 is 10.1 Å². The van der Waals surface area contributed by atoms with Crippen molar-refractivity contribution in [1.29, 1.82) is 0 Å². The molecule has 4 rings (SSSR count). The Kier molecular flexibility index (Phi) is 6.67. The zero-order valence-electron chi connectivity index (χ0n) is 17.2. The Morgan fingerprint density at radius 3 is 2.63 bits per heavy atom. The zero-order chi connectivity index (χ0) is 20.8. The lowest BCUT2D eigenvalue weighted by Crippen LogP contribution is -2.41. The van der Waals surface area contributed by atoms with Gasteiger partial charge in [-0.05, 0) is 55.9 Å². The highest BCUT2D eigenvalue weighted by atomic mass is 16.5. The molecule has 2 aromatic heterocycles. The summed E-state index contributed by atoms with van der Waals surface area (Å²) in [7, 11) is 0. The standard InChI is InChI=1S/C23H29N3O4/c27-22(18-10-13-26(14-11-18)23(28)20-9-5-15-29-20)25-21-19(8-4-12-24-21)30-16-17-6-2-1-3-7-17/h4-5,8-9,12,15,17-18H,1-3,6-7,10-11,13-14,16H2,(H,24,25,27). The van der Waals surface area contributed by atoms with Gasteiger partial charge in [-0.15, -0.1) is 0 Å². The number of piperidine rings is 1. The van der Waals surface area contributed by atoms with E-state index in [4.69, 9.17) is 9.15 Å². The molecule has 7 heteroatoms. The van der Waals surface area contributed by atoms with Crippen LogP contribution in [0.1, 0.15) is 55.5 Å². The summed E-state index contributed by atoms with van der Waals surface area (Å²) < 4.78 is 11.2. The quantitative estimate of drug-likeness (QED) is 0.773. The van der Waals surface area contributed by atoms with Crippen molar-refractivity contribution in [2.45, 2.75) is 44.9 Å². The summed E-state index contributed by atoms with van der Waals surface area (Å²) >= 11 is 0. The number of hydrogen-bond acceptors (Lipinski definition) is 5. The highest BCUT2D eigenvalue weighted by Crippen LogP contribution is 2.28. The molecule has 2 aliphatic rings. The number of carbonyl (C=O) groups is 2. The number of amides is 2. The molecule has 30 heavy (non-hydrogen) atoms. The van der Waals surface area contributed by atoms with Crippen LogP contribution in [0.3, 0.4) is 0 Å². The lowest BCUT2D eigenvalue weighted by molar-refractivity contribution is -0.121. The van der Waals surface area contributed by atoms with Crippen molar-refractivity contribution >= 4 is 17.6 Å². The van der Waals surface area contributed by atoms with Gasteiger partial charge in [0.05, 0.1) is 12.9 Å². The Morgan fingerprint density at radius 1 is 1.10 bits per heavy atom. The number of anilines is 1. The molecule has 0 unspecified atom stereocenters. The maximum absolute atomic E-state index is 12.8. The SMILES string of the molecule is O=C(Nc1ncccc1OCC1CCCCC1)C1CCN(C(=O)c2ccco2)CC1. The second-order valence-electron chi connectivity index (χ2n) is 8.20. The second kappa shape index (κ2) is 9.78. The van der Waals surface area contributed by atoms with E-state index < -0.39 is 0 Å². The van der Waals surface area contributed by atoms with Crippen LogP contribution in [0.15, 0.2) is 41.1 Å². The Morgan fingerprint density at radius 2 is 1.90 bits per heavy atom. The number of pyridine rings is 1. The molecule has 2 aromatic rings. The number of ether oxygens (including phenoxy) is 1. The van der Waals surface area contributed by atoms with Gasteiger partial charge in [-0.1, -0.05) is 19.3 Å². The molecular weight excluding hydrogens is 382 g/mol. The van der Waals surface area contributed by atoms with Gasteiger partial charge in [0.15, 0.2) is 17.3 Å². The first kappa shape index (κ1) is 20.4. The summed E-state index contributed by atoms with van der Waals surface area (Å²) in [6.45, 7) is 1.73. The van der Waals surface area contributed by atoms with Crippen LogP contribution in [0.25, 0.3) is 0 Å².